The maximum absolute atomic E-state index is 12.5. The molecule has 0 aliphatic heterocycles. The SMILES string of the molecule is CCCCCCc1ccccc1OC(=O)c1ccc(C(C)OCC)cc1. The first-order valence-corrected chi connectivity index (χ1v) is 9.67. The van der Waals surface area contributed by atoms with Crippen LogP contribution in [-0.2, 0) is 11.2 Å². The van der Waals surface area contributed by atoms with Gasteiger partial charge in [0, 0.05) is 6.61 Å². The van der Waals surface area contributed by atoms with E-state index in [0.29, 0.717) is 17.9 Å². The van der Waals surface area contributed by atoms with Gasteiger partial charge in [0.15, 0.2) is 0 Å². The van der Waals surface area contributed by atoms with Gasteiger partial charge in [0.25, 0.3) is 0 Å². The fourth-order valence-electron chi connectivity index (χ4n) is 2.95. The summed E-state index contributed by atoms with van der Waals surface area (Å²) in [6.07, 6.45) is 5.75. The summed E-state index contributed by atoms with van der Waals surface area (Å²) in [5.74, 6) is 0.349. The normalized spacial score (nSPS) is 12.0. The van der Waals surface area contributed by atoms with Crippen molar-refractivity contribution in [2.75, 3.05) is 6.61 Å². The second kappa shape index (κ2) is 10.8. The minimum Gasteiger partial charge on any atom is -0.423 e. The molecule has 0 radical (unpaired) electrons. The number of aryl methyl sites for hydroxylation is 1. The van der Waals surface area contributed by atoms with Crippen molar-refractivity contribution in [3.05, 3.63) is 65.2 Å². The third-order valence-corrected chi connectivity index (χ3v) is 4.51. The number of carbonyl (C=O) groups is 1. The Bertz CT molecular complexity index is 676. The summed E-state index contributed by atoms with van der Waals surface area (Å²) in [6.45, 7) is 6.85. The highest BCUT2D eigenvalue weighted by Crippen LogP contribution is 2.23. The van der Waals surface area contributed by atoms with E-state index in [9.17, 15) is 4.79 Å². The van der Waals surface area contributed by atoms with Crippen LogP contribution < -0.4 is 4.74 Å². The average molecular weight is 354 g/mol. The Kier molecular flexibility index (Phi) is 8.36. The number of para-hydroxylation sites is 1. The molecular formula is C23H30O3. The van der Waals surface area contributed by atoms with E-state index in [4.69, 9.17) is 9.47 Å². The van der Waals surface area contributed by atoms with Crippen LogP contribution in [-0.4, -0.2) is 12.6 Å². The number of ether oxygens (including phenoxy) is 2. The van der Waals surface area contributed by atoms with Gasteiger partial charge >= 0.3 is 5.97 Å². The number of hydrogen-bond acceptors (Lipinski definition) is 3. The standard InChI is InChI=1S/C23H30O3/c1-4-6-7-8-11-20-12-9-10-13-22(20)26-23(24)21-16-14-19(15-17-21)18(3)25-5-2/h9-10,12-18H,4-8,11H2,1-3H3. The number of hydrogen-bond donors (Lipinski definition) is 0. The first-order chi connectivity index (χ1) is 12.7. The molecule has 0 aromatic heterocycles. The van der Waals surface area contributed by atoms with Crippen LogP contribution in [0, 0.1) is 0 Å². The summed E-state index contributed by atoms with van der Waals surface area (Å²) in [5, 5.41) is 0. The molecule has 0 aliphatic carbocycles. The zero-order chi connectivity index (χ0) is 18.8. The highest BCUT2D eigenvalue weighted by atomic mass is 16.5. The Labute approximate surface area is 157 Å². The predicted molar refractivity (Wildman–Crippen MR) is 106 cm³/mol. The van der Waals surface area contributed by atoms with Gasteiger partial charge in [0.2, 0.25) is 0 Å². The predicted octanol–water partition coefficient (Wildman–Crippen LogP) is 6.13. The second-order valence-corrected chi connectivity index (χ2v) is 6.53. The van der Waals surface area contributed by atoms with Gasteiger partial charge in [-0.1, -0.05) is 56.5 Å². The van der Waals surface area contributed by atoms with Gasteiger partial charge in [0.1, 0.15) is 5.75 Å². The number of esters is 1. The summed E-state index contributed by atoms with van der Waals surface area (Å²) < 4.78 is 11.2. The minimum atomic E-state index is -0.318. The number of carbonyl (C=O) groups excluding carboxylic acids is 1. The van der Waals surface area contributed by atoms with Gasteiger partial charge < -0.3 is 9.47 Å². The zero-order valence-electron chi connectivity index (χ0n) is 16.2. The Balaban J connectivity index is 2.01. The lowest BCUT2D eigenvalue weighted by Crippen LogP contribution is -2.10. The Morgan fingerprint density at radius 2 is 1.69 bits per heavy atom. The van der Waals surface area contributed by atoms with Crippen LogP contribution in [0.5, 0.6) is 5.75 Å². The zero-order valence-corrected chi connectivity index (χ0v) is 16.2. The van der Waals surface area contributed by atoms with E-state index >= 15 is 0 Å². The lowest BCUT2D eigenvalue weighted by Gasteiger charge is -2.13. The van der Waals surface area contributed by atoms with Crippen LogP contribution in [0.25, 0.3) is 0 Å². The number of unbranched alkanes of at least 4 members (excludes halogenated alkanes) is 3. The van der Waals surface area contributed by atoms with Crippen LogP contribution in [0.4, 0.5) is 0 Å². The smallest absolute Gasteiger partial charge is 0.343 e. The Morgan fingerprint density at radius 3 is 2.38 bits per heavy atom. The van der Waals surface area contributed by atoms with E-state index in [2.05, 4.69) is 6.92 Å². The van der Waals surface area contributed by atoms with Gasteiger partial charge in [0.05, 0.1) is 11.7 Å². The molecule has 0 amide bonds. The molecule has 0 heterocycles. The summed E-state index contributed by atoms with van der Waals surface area (Å²) >= 11 is 0. The van der Waals surface area contributed by atoms with E-state index < -0.39 is 0 Å². The lowest BCUT2D eigenvalue weighted by molar-refractivity contribution is 0.0727. The second-order valence-electron chi connectivity index (χ2n) is 6.53. The molecule has 1 unspecified atom stereocenters. The number of benzene rings is 2. The molecule has 2 rings (SSSR count). The van der Waals surface area contributed by atoms with E-state index in [1.54, 1.807) is 12.1 Å². The molecule has 0 bridgehead atoms. The molecule has 3 heteroatoms. The summed E-state index contributed by atoms with van der Waals surface area (Å²) in [7, 11) is 0. The monoisotopic (exact) mass is 354 g/mol. The molecule has 3 nitrogen and oxygen atoms in total. The Hall–Kier alpha value is -2.13. The van der Waals surface area contributed by atoms with Crippen molar-refractivity contribution < 1.29 is 14.3 Å². The first-order valence-electron chi connectivity index (χ1n) is 9.67. The van der Waals surface area contributed by atoms with Gasteiger partial charge in [-0.2, -0.15) is 0 Å². The molecule has 26 heavy (non-hydrogen) atoms. The van der Waals surface area contributed by atoms with Crippen molar-refractivity contribution in [2.24, 2.45) is 0 Å². The van der Waals surface area contributed by atoms with E-state index in [1.165, 1.54) is 19.3 Å². The molecule has 0 N–H and O–H groups in total. The largest absolute Gasteiger partial charge is 0.423 e. The van der Waals surface area contributed by atoms with Gasteiger partial charge in [-0.25, -0.2) is 4.79 Å². The van der Waals surface area contributed by atoms with Crippen LogP contribution >= 0.6 is 0 Å². The fourth-order valence-corrected chi connectivity index (χ4v) is 2.95. The third kappa shape index (κ3) is 5.99. The van der Waals surface area contributed by atoms with Crippen molar-refractivity contribution >= 4 is 5.97 Å². The molecule has 0 saturated heterocycles. The molecule has 0 fully saturated rings. The molecule has 0 saturated carbocycles. The summed E-state index contributed by atoms with van der Waals surface area (Å²) in [5.41, 5.74) is 2.71. The molecule has 2 aromatic rings. The third-order valence-electron chi connectivity index (χ3n) is 4.51. The molecule has 2 aromatic carbocycles. The minimum absolute atomic E-state index is 0.0221. The van der Waals surface area contributed by atoms with Gasteiger partial charge in [-0.3, -0.25) is 0 Å². The fraction of sp³-hybridized carbons (Fsp3) is 0.435. The van der Waals surface area contributed by atoms with Crippen LogP contribution in [0.15, 0.2) is 48.5 Å². The molecule has 140 valence electrons. The van der Waals surface area contributed by atoms with E-state index in [1.807, 2.05) is 50.2 Å². The van der Waals surface area contributed by atoms with Crippen LogP contribution in [0.1, 0.15) is 74.0 Å². The molecule has 1 atom stereocenters. The average Bonchev–Trinajstić information content (AvgIpc) is 2.66. The highest BCUT2D eigenvalue weighted by molar-refractivity contribution is 5.91. The number of rotatable bonds is 10. The molecule has 0 spiro atoms. The van der Waals surface area contributed by atoms with Gasteiger partial charge in [-0.05, 0) is 56.0 Å². The van der Waals surface area contributed by atoms with E-state index in [0.717, 1.165) is 24.0 Å². The van der Waals surface area contributed by atoms with Crippen LogP contribution in [0.3, 0.4) is 0 Å². The van der Waals surface area contributed by atoms with Crippen molar-refractivity contribution in [3.8, 4) is 5.75 Å². The van der Waals surface area contributed by atoms with Crippen molar-refractivity contribution in [1.82, 2.24) is 0 Å². The van der Waals surface area contributed by atoms with Crippen LogP contribution in [0.2, 0.25) is 0 Å². The van der Waals surface area contributed by atoms with Crippen molar-refractivity contribution in [3.63, 3.8) is 0 Å². The maximum atomic E-state index is 12.5. The Morgan fingerprint density at radius 1 is 0.962 bits per heavy atom. The quantitative estimate of drug-likeness (QED) is 0.293. The van der Waals surface area contributed by atoms with Crippen molar-refractivity contribution in [1.29, 1.82) is 0 Å². The lowest BCUT2D eigenvalue weighted by atomic mass is 10.1. The topological polar surface area (TPSA) is 35.5 Å². The molecule has 0 aliphatic rings. The maximum Gasteiger partial charge on any atom is 0.343 e. The van der Waals surface area contributed by atoms with Crippen molar-refractivity contribution in [2.45, 2.75) is 59.0 Å². The summed E-state index contributed by atoms with van der Waals surface area (Å²) in [6, 6.07) is 15.3. The highest BCUT2D eigenvalue weighted by Gasteiger charge is 2.12. The first kappa shape index (κ1) is 20.2. The van der Waals surface area contributed by atoms with Gasteiger partial charge in [-0.15, -0.1) is 0 Å². The van der Waals surface area contributed by atoms with E-state index in [-0.39, 0.29) is 12.1 Å². The summed E-state index contributed by atoms with van der Waals surface area (Å²) in [4.78, 5) is 12.5. The molecular weight excluding hydrogens is 324 g/mol.